The topological polar surface area (TPSA) is 53.5 Å². The van der Waals surface area contributed by atoms with Gasteiger partial charge in [-0.3, -0.25) is 9.59 Å². The number of para-hydroxylation sites is 1. The highest BCUT2D eigenvalue weighted by molar-refractivity contribution is 7.18. The Morgan fingerprint density at radius 3 is 2.58 bits per heavy atom. The quantitative estimate of drug-likeness (QED) is 0.589. The van der Waals surface area contributed by atoms with Crippen LogP contribution in [-0.4, -0.2) is 39.7 Å². The second kappa shape index (κ2) is 8.27. The Morgan fingerprint density at radius 2 is 1.81 bits per heavy atom. The zero-order chi connectivity index (χ0) is 21.4. The predicted molar refractivity (Wildman–Crippen MR) is 124 cm³/mol. The van der Waals surface area contributed by atoms with Gasteiger partial charge in [0.2, 0.25) is 11.8 Å². The Bertz CT molecular complexity index is 1130. The summed E-state index contributed by atoms with van der Waals surface area (Å²) in [5.41, 5.74) is 3.18. The minimum Gasteiger partial charge on any atom is -0.343 e. The lowest BCUT2D eigenvalue weighted by atomic mass is 9.92. The number of carbonyl (C=O) groups excluding carboxylic acids is 2. The summed E-state index contributed by atoms with van der Waals surface area (Å²) < 4.78 is 1.23. The van der Waals surface area contributed by atoms with E-state index in [1.54, 1.807) is 23.2 Å². The standard InChI is InChI=1S/C25H25N3O2S/c1-17(29)28-15-12-18-6-2-3-7-20(18)22(28)16-24(30)27-13-10-19(11-14-27)25-26-21-8-4-5-9-23(21)31-25/h2-9,12,15,19,22H,10-11,13-14,16H2,1H3/t22-/m1/s1. The molecule has 0 unspecified atom stereocenters. The van der Waals surface area contributed by atoms with Crippen LogP contribution in [-0.2, 0) is 9.59 Å². The van der Waals surface area contributed by atoms with Gasteiger partial charge in [-0.2, -0.15) is 0 Å². The molecular formula is C25H25N3O2S. The summed E-state index contributed by atoms with van der Waals surface area (Å²) in [6, 6.07) is 16.0. The van der Waals surface area contributed by atoms with Crippen molar-refractivity contribution >= 4 is 39.4 Å². The van der Waals surface area contributed by atoms with Crippen molar-refractivity contribution in [3.63, 3.8) is 0 Å². The molecule has 1 aromatic heterocycles. The smallest absolute Gasteiger partial charge is 0.225 e. The number of hydrogen-bond donors (Lipinski definition) is 0. The number of benzene rings is 2. The van der Waals surface area contributed by atoms with Crippen LogP contribution in [0.4, 0.5) is 0 Å². The third-order valence-electron chi connectivity index (χ3n) is 6.34. The van der Waals surface area contributed by atoms with Crippen LogP contribution in [0.2, 0.25) is 0 Å². The highest BCUT2D eigenvalue weighted by atomic mass is 32.1. The third-order valence-corrected chi connectivity index (χ3v) is 7.54. The number of carbonyl (C=O) groups is 2. The predicted octanol–water partition coefficient (Wildman–Crippen LogP) is 4.97. The van der Waals surface area contributed by atoms with Gasteiger partial charge in [-0.05, 0) is 42.2 Å². The number of thiazole rings is 1. The first-order valence-electron chi connectivity index (χ1n) is 10.8. The van der Waals surface area contributed by atoms with Gasteiger partial charge in [0.25, 0.3) is 0 Å². The minimum absolute atomic E-state index is 0.0434. The van der Waals surface area contributed by atoms with Gasteiger partial charge in [0.15, 0.2) is 0 Å². The number of hydrogen-bond acceptors (Lipinski definition) is 4. The summed E-state index contributed by atoms with van der Waals surface area (Å²) in [7, 11) is 0. The Kier molecular flexibility index (Phi) is 5.32. The van der Waals surface area contributed by atoms with Crippen LogP contribution in [0.3, 0.4) is 0 Å². The molecule has 2 aliphatic rings. The average molecular weight is 432 g/mol. The lowest BCUT2D eigenvalue weighted by molar-refractivity contribution is -0.135. The Hall–Kier alpha value is -2.99. The number of nitrogens with zero attached hydrogens (tertiary/aromatic N) is 3. The van der Waals surface area contributed by atoms with Gasteiger partial charge in [-0.1, -0.05) is 36.4 Å². The molecule has 0 aliphatic carbocycles. The van der Waals surface area contributed by atoms with E-state index in [0.717, 1.165) is 42.6 Å². The normalized spacial score (nSPS) is 18.9. The number of likely N-dealkylation sites (tertiary alicyclic amines) is 1. The molecule has 5 nitrogen and oxygen atoms in total. The van der Waals surface area contributed by atoms with Crippen molar-refractivity contribution in [3.05, 3.63) is 70.9 Å². The van der Waals surface area contributed by atoms with Crippen LogP contribution >= 0.6 is 11.3 Å². The van der Waals surface area contributed by atoms with Gasteiger partial charge in [0.05, 0.1) is 27.7 Å². The summed E-state index contributed by atoms with van der Waals surface area (Å²) in [5.74, 6) is 0.482. The van der Waals surface area contributed by atoms with Crippen molar-refractivity contribution in [1.82, 2.24) is 14.8 Å². The Balaban J connectivity index is 1.27. The highest BCUT2D eigenvalue weighted by Gasteiger charge is 2.32. The van der Waals surface area contributed by atoms with Crippen LogP contribution in [0.25, 0.3) is 16.3 Å². The first kappa shape index (κ1) is 19.9. The third kappa shape index (κ3) is 3.88. The van der Waals surface area contributed by atoms with E-state index in [0.29, 0.717) is 12.3 Å². The van der Waals surface area contributed by atoms with Crippen LogP contribution in [0.1, 0.15) is 54.3 Å². The van der Waals surface area contributed by atoms with Crippen molar-refractivity contribution in [3.8, 4) is 0 Å². The molecule has 0 saturated carbocycles. The van der Waals surface area contributed by atoms with Crippen molar-refractivity contribution in [2.24, 2.45) is 0 Å². The van der Waals surface area contributed by atoms with Crippen LogP contribution in [0.15, 0.2) is 54.7 Å². The van der Waals surface area contributed by atoms with Crippen LogP contribution < -0.4 is 0 Å². The van der Waals surface area contributed by atoms with Crippen molar-refractivity contribution < 1.29 is 9.59 Å². The fraction of sp³-hybridized carbons (Fsp3) is 0.320. The average Bonchev–Trinajstić information content (AvgIpc) is 3.23. The van der Waals surface area contributed by atoms with Gasteiger partial charge >= 0.3 is 0 Å². The summed E-state index contributed by atoms with van der Waals surface area (Å²) in [6.07, 6.45) is 5.93. The molecule has 5 rings (SSSR count). The van der Waals surface area contributed by atoms with Gasteiger partial charge in [-0.25, -0.2) is 4.98 Å². The highest BCUT2D eigenvalue weighted by Crippen LogP contribution is 2.36. The second-order valence-electron chi connectivity index (χ2n) is 8.27. The molecule has 1 fully saturated rings. The molecular weight excluding hydrogens is 406 g/mol. The number of rotatable bonds is 3. The maximum absolute atomic E-state index is 13.2. The molecule has 2 aromatic carbocycles. The number of piperidine rings is 1. The van der Waals surface area contributed by atoms with Crippen molar-refractivity contribution in [2.45, 2.75) is 38.1 Å². The van der Waals surface area contributed by atoms with Gasteiger partial charge < -0.3 is 9.80 Å². The summed E-state index contributed by atoms with van der Waals surface area (Å²) in [4.78, 5) is 33.8. The fourth-order valence-electron chi connectivity index (χ4n) is 4.65. The molecule has 2 aliphatic heterocycles. The molecule has 3 heterocycles. The Labute approximate surface area is 186 Å². The first-order chi connectivity index (χ1) is 15.1. The lowest BCUT2D eigenvalue weighted by Crippen LogP contribution is -2.41. The number of fused-ring (bicyclic) bond motifs is 2. The molecule has 3 aromatic rings. The first-order valence-corrected chi connectivity index (χ1v) is 11.6. The maximum Gasteiger partial charge on any atom is 0.225 e. The lowest BCUT2D eigenvalue weighted by Gasteiger charge is -2.36. The van der Waals surface area contributed by atoms with E-state index in [1.165, 1.54) is 9.71 Å². The number of aromatic nitrogens is 1. The molecule has 158 valence electrons. The largest absolute Gasteiger partial charge is 0.343 e. The van der Waals surface area contributed by atoms with E-state index in [-0.39, 0.29) is 17.9 Å². The molecule has 1 saturated heterocycles. The van der Waals surface area contributed by atoms with Gasteiger partial charge in [0.1, 0.15) is 0 Å². The van der Waals surface area contributed by atoms with Gasteiger partial charge in [0, 0.05) is 32.1 Å². The summed E-state index contributed by atoms with van der Waals surface area (Å²) in [6.45, 7) is 3.03. The zero-order valence-corrected chi connectivity index (χ0v) is 18.3. The molecule has 31 heavy (non-hydrogen) atoms. The van der Waals surface area contributed by atoms with E-state index in [1.807, 2.05) is 47.5 Å². The summed E-state index contributed by atoms with van der Waals surface area (Å²) >= 11 is 1.77. The fourth-order valence-corrected chi connectivity index (χ4v) is 5.78. The minimum atomic E-state index is -0.242. The van der Waals surface area contributed by atoms with Crippen LogP contribution in [0.5, 0.6) is 0 Å². The second-order valence-corrected chi connectivity index (χ2v) is 9.33. The van der Waals surface area contributed by atoms with Crippen molar-refractivity contribution in [2.75, 3.05) is 13.1 Å². The summed E-state index contributed by atoms with van der Waals surface area (Å²) in [5, 5.41) is 1.18. The van der Waals surface area contributed by atoms with E-state index >= 15 is 0 Å². The Morgan fingerprint density at radius 1 is 1.06 bits per heavy atom. The van der Waals surface area contributed by atoms with Crippen molar-refractivity contribution in [1.29, 1.82) is 0 Å². The van der Waals surface area contributed by atoms with Gasteiger partial charge in [-0.15, -0.1) is 11.3 Å². The van der Waals surface area contributed by atoms with E-state index in [9.17, 15) is 9.59 Å². The maximum atomic E-state index is 13.2. The molecule has 0 spiro atoms. The van der Waals surface area contributed by atoms with E-state index in [4.69, 9.17) is 4.98 Å². The van der Waals surface area contributed by atoms with E-state index < -0.39 is 0 Å². The molecule has 1 atom stereocenters. The molecule has 2 amide bonds. The number of amides is 2. The SMILES string of the molecule is CC(=O)N1C=Cc2ccccc2[C@H]1CC(=O)N1CCC(c2nc3ccccc3s2)CC1. The zero-order valence-electron chi connectivity index (χ0n) is 17.5. The molecule has 6 heteroatoms. The molecule has 0 N–H and O–H groups in total. The van der Waals surface area contributed by atoms with Crippen LogP contribution in [0, 0.1) is 0 Å². The molecule has 0 bridgehead atoms. The monoisotopic (exact) mass is 431 g/mol. The molecule has 0 radical (unpaired) electrons. The van der Waals surface area contributed by atoms with E-state index in [2.05, 4.69) is 18.2 Å².